The van der Waals surface area contributed by atoms with Crippen LogP contribution in [0.5, 0.6) is 11.5 Å². The molecule has 4 aromatic rings. The van der Waals surface area contributed by atoms with Crippen LogP contribution in [0.2, 0.25) is 5.02 Å². The van der Waals surface area contributed by atoms with Gasteiger partial charge in [-0.3, -0.25) is 9.69 Å². The highest BCUT2D eigenvalue weighted by Crippen LogP contribution is 2.43. The van der Waals surface area contributed by atoms with Gasteiger partial charge in [0.1, 0.15) is 17.1 Å². The molecule has 1 aliphatic heterocycles. The van der Waals surface area contributed by atoms with Crippen molar-refractivity contribution in [3.63, 3.8) is 0 Å². The molecule has 6 rings (SSSR count). The molecule has 0 saturated carbocycles. The lowest BCUT2D eigenvalue weighted by molar-refractivity contribution is 0.112. The third-order valence-corrected chi connectivity index (χ3v) is 8.80. The molecule has 3 heterocycles. The van der Waals surface area contributed by atoms with E-state index in [9.17, 15) is 4.79 Å². The van der Waals surface area contributed by atoms with Crippen molar-refractivity contribution in [2.75, 3.05) is 31.1 Å². The molecule has 1 fully saturated rings. The lowest BCUT2D eigenvalue weighted by atomic mass is 9.72. The van der Waals surface area contributed by atoms with Crippen LogP contribution in [0.3, 0.4) is 0 Å². The summed E-state index contributed by atoms with van der Waals surface area (Å²) in [6.45, 7) is 10.9. The van der Waals surface area contributed by atoms with E-state index in [1.165, 1.54) is 17.6 Å². The van der Waals surface area contributed by atoms with Crippen LogP contribution in [0.15, 0.2) is 72.6 Å². The molecule has 1 aliphatic carbocycles. The average Bonchev–Trinajstić information content (AvgIpc) is 3.42. The Morgan fingerprint density at radius 2 is 1.95 bits per heavy atom. The molecular formula is C34H37ClN4O2. The van der Waals surface area contributed by atoms with Crippen molar-refractivity contribution in [1.29, 1.82) is 0 Å². The molecule has 1 N–H and O–H groups in total. The van der Waals surface area contributed by atoms with Crippen molar-refractivity contribution in [2.45, 2.75) is 46.1 Å². The van der Waals surface area contributed by atoms with Crippen LogP contribution in [0.25, 0.3) is 16.6 Å². The van der Waals surface area contributed by atoms with E-state index in [0.29, 0.717) is 28.5 Å². The number of ether oxygens (including phenoxy) is 1. The number of H-pyrrole nitrogens is 1. The maximum atomic E-state index is 11.8. The number of fused-ring (bicyclic) bond motifs is 1. The molecule has 0 bridgehead atoms. The maximum absolute atomic E-state index is 11.8. The Kier molecular flexibility index (Phi) is 7.62. The van der Waals surface area contributed by atoms with Crippen molar-refractivity contribution < 1.29 is 9.53 Å². The first-order chi connectivity index (χ1) is 19.8. The Balaban J connectivity index is 1.19. The summed E-state index contributed by atoms with van der Waals surface area (Å²) in [5.41, 5.74) is 7.07. The van der Waals surface area contributed by atoms with Gasteiger partial charge in [0.15, 0.2) is 6.29 Å². The zero-order valence-corrected chi connectivity index (χ0v) is 24.7. The van der Waals surface area contributed by atoms with Crippen LogP contribution in [0, 0.1) is 5.41 Å². The standard InChI is InChI=1S/C34H37ClN4O2/c1-23-20-38(21-27-18-34(2,3)12-10-31(27)24-4-7-28(35)8-5-24)14-15-39(23)29-9-6-26(22-40)32(17-29)41-30-16-25-11-13-36-33(25)37-19-30/h4-9,11,13,16-17,19,22-23H,10,12,14-15,18,20-21H2,1-3H3,(H,36,37)/t23-/m1/s1. The maximum Gasteiger partial charge on any atom is 0.153 e. The molecule has 0 unspecified atom stereocenters. The number of carbonyl (C=O) groups is 1. The van der Waals surface area contributed by atoms with Gasteiger partial charge >= 0.3 is 0 Å². The van der Waals surface area contributed by atoms with Crippen molar-refractivity contribution in [1.82, 2.24) is 14.9 Å². The van der Waals surface area contributed by atoms with E-state index in [1.807, 2.05) is 48.7 Å². The number of aromatic nitrogens is 2. The number of nitrogens with zero attached hydrogens (tertiary/aromatic N) is 3. The van der Waals surface area contributed by atoms with Crippen LogP contribution in [-0.4, -0.2) is 53.4 Å². The number of halogens is 1. The summed E-state index contributed by atoms with van der Waals surface area (Å²) in [7, 11) is 0. The van der Waals surface area contributed by atoms with Gasteiger partial charge in [-0.05, 0) is 79.1 Å². The minimum Gasteiger partial charge on any atom is -0.455 e. The van der Waals surface area contributed by atoms with E-state index >= 15 is 0 Å². The third-order valence-electron chi connectivity index (χ3n) is 8.55. The Morgan fingerprint density at radius 3 is 2.73 bits per heavy atom. The number of piperazine rings is 1. The van der Waals surface area contributed by atoms with Gasteiger partial charge in [-0.25, -0.2) is 4.98 Å². The molecule has 0 amide bonds. The van der Waals surface area contributed by atoms with Crippen LogP contribution in [-0.2, 0) is 0 Å². The molecular weight excluding hydrogens is 532 g/mol. The van der Waals surface area contributed by atoms with Crippen LogP contribution < -0.4 is 9.64 Å². The number of allylic oxidation sites excluding steroid dienone is 1. The topological polar surface area (TPSA) is 61.5 Å². The van der Waals surface area contributed by atoms with Crippen molar-refractivity contribution >= 4 is 40.2 Å². The largest absolute Gasteiger partial charge is 0.455 e. The quantitative estimate of drug-likeness (QED) is 0.229. The van der Waals surface area contributed by atoms with E-state index in [0.717, 1.165) is 67.1 Å². The summed E-state index contributed by atoms with van der Waals surface area (Å²) < 4.78 is 6.19. The fraction of sp³-hybridized carbons (Fsp3) is 0.353. The van der Waals surface area contributed by atoms with Gasteiger partial charge in [0.05, 0.1) is 11.8 Å². The lowest BCUT2D eigenvalue weighted by Gasteiger charge is -2.43. The number of rotatable bonds is 7. The highest BCUT2D eigenvalue weighted by atomic mass is 35.5. The Morgan fingerprint density at radius 1 is 1.12 bits per heavy atom. The van der Waals surface area contributed by atoms with Gasteiger partial charge in [-0.1, -0.05) is 43.2 Å². The van der Waals surface area contributed by atoms with Crippen LogP contribution >= 0.6 is 11.6 Å². The number of aromatic amines is 1. The third kappa shape index (κ3) is 6.04. The molecule has 2 aromatic heterocycles. The van der Waals surface area contributed by atoms with Gasteiger partial charge in [0, 0.05) is 60.6 Å². The van der Waals surface area contributed by atoms with E-state index < -0.39 is 0 Å². The minimum atomic E-state index is 0.313. The summed E-state index contributed by atoms with van der Waals surface area (Å²) in [5, 5.41) is 1.75. The molecule has 6 nitrogen and oxygen atoms in total. The Bertz CT molecular complexity index is 1590. The average molecular weight is 569 g/mol. The Hall–Kier alpha value is -3.61. The predicted molar refractivity (Wildman–Crippen MR) is 167 cm³/mol. The number of aldehydes is 1. The summed E-state index contributed by atoms with van der Waals surface area (Å²) in [6, 6.07) is 18.4. The molecule has 0 radical (unpaired) electrons. The number of pyridine rings is 1. The molecule has 2 aliphatic rings. The first kappa shape index (κ1) is 27.6. The Labute approximate surface area is 247 Å². The zero-order chi connectivity index (χ0) is 28.6. The van der Waals surface area contributed by atoms with E-state index in [4.69, 9.17) is 16.3 Å². The number of nitrogens with one attached hydrogen (secondary N) is 1. The molecule has 7 heteroatoms. The van der Waals surface area contributed by atoms with Crippen molar-refractivity contribution in [3.8, 4) is 11.5 Å². The second-order valence-electron chi connectivity index (χ2n) is 12.2. The van der Waals surface area contributed by atoms with E-state index in [-0.39, 0.29) is 0 Å². The molecule has 41 heavy (non-hydrogen) atoms. The monoisotopic (exact) mass is 568 g/mol. The highest BCUT2D eigenvalue weighted by Gasteiger charge is 2.31. The first-order valence-electron chi connectivity index (χ1n) is 14.4. The van der Waals surface area contributed by atoms with Gasteiger partial charge in [-0.15, -0.1) is 0 Å². The minimum absolute atomic E-state index is 0.313. The summed E-state index contributed by atoms with van der Waals surface area (Å²) >= 11 is 6.19. The lowest BCUT2D eigenvalue weighted by Crippen LogP contribution is -2.52. The predicted octanol–water partition coefficient (Wildman–Crippen LogP) is 8.00. The summed E-state index contributed by atoms with van der Waals surface area (Å²) in [4.78, 5) is 24.4. The fourth-order valence-corrected chi connectivity index (χ4v) is 6.51. The first-order valence-corrected chi connectivity index (χ1v) is 14.8. The molecule has 0 spiro atoms. The summed E-state index contributed by atoms with van der Waals surface area (Å²) in [6.07, 6.45) is 7.81. The van der Waals surface area contributed by atoms with Crippen LogP contribution in [0.4, 0.5) is 5.69 Å². The molecule has 1 saturated heterocycles. The normalized spacial score (nSPS) is 19.5. The second-order valence-corrected chi connectivity index (χ2v) is 12.7. The molecule has 212 valence electrons. The van der Waals surface area contributed by atoms with Gasteiger partial charge < -0.3 is 14.6 Å². The smallest absolute Gasteiger partial charge is 0.153 e. The van der Waals surface area contributed by atoms with E-state index in [2.05, 4.69) is 52.7 Å². The van der Waals surface area contributed by atoms with Gasteiger partial charge in [0.25, 0.3) is 0 Å². The van der Waals surface area contributed by atoms with Gasteiger partial charge in [-0.2, -0.15) is 0 Å². The van der Waals surface area contributed by atoms with Crippen molar-refractivity contribution in [2.24, 2.45) is 5.41 Å². The second kappa shape index (κ2) is 11.3. The highest BCUT2D eigenvalue weighted by molar-refractivity contribution is 6.30. The number of hydrogen-bond donors (Lipinski definition) is 1. The number of anilines is 1. The fourth-order valence-electron chi connectivity index (χ4n) is 6.38. The number of benzene rings is 2. The molecule has 2 aromatic carbocycles. The van der Waals surface area contributed by atoms with Crippen molar-refractivity contribution in [3.05, 3.63) is 88.7 Å². The zero-order valence-electron chi connectivity index (χ0n) is 24.0. The van der Waals surface area contributed by atoms with E-state index in [1.54, 1.807) is 11.8 Å². The SMILES string of the molecule is C[C@@H]1CN(CC2=C(c3ccc(Cl)cc3)CCC(C)(C)C2)CCN1c1ccc(C=O)c(Oc2cnc3[nH]ccc3c2)c1. The summed E-state index contributed by atoms with van der Waals surface area (Å²) in [5.74, 6) is 1.15. The molecule has 1 atom stereocenters. The van der Waals surface area contributed by atoms with Crippen LogP contribution in [0.1, 0.15) is 56.0 Å². The van der Waals surface area contributed by atoms with Gasteiger partial charge in [0.2, 0.25) is 0 Å². The number of hydrogen-bond acceptors (Lipinski definition) is 5. The number of carbonyl (C=O) groups excluding carboxylic acids is 1.